The van der Waals surface area contributed by atoms with Crippen molar-refractivity contribution in [3.05, 3.63) is 29.3 Å². The fraction of sp³-hybridized carbons (Fsp3) is 0.385. The molecule has 1 saturated heterocycles. The van der Waals surface area contributed by atoms with Crippen molar-refractivity contribution in [3.63, 3.8) is 0 Å². The van der Waals surface area contributed by atoms with Gasteiger partial charge >= 0.3 is 0 Å². The molecule has 1 aromatic carbocycles. The van der Waals surface area contributed by atoms with E-state index in [1.807, 2.05) is 13.0 Å². The first-order chi connectivity index (χ1) is 8.56. The average molecular weight is 247 g/mol. The number of hydrogen-bond donors (Lipinski definition) is 3. The van der Waals surface area contributed by atoms with Crippen molar-refractivity contribution >= 4 is 17.5 Å². The van der Waals surface area contributed by atoms with Crippen LogP contribution in [0.4, 0.5) is 5.69 Å². The quantitative estimate of drug-likeness (QED) is 0.683. The van der Waals surface area contributed by atoms with E-state index >= 15 is 0 Å². The summed E-state index contributed by atoms with van der Waals surface area (Å²) in [6.45, 7) is 2.32. The molecule has 0 bridgehead atoms. The summed E-state index contributed by atoms with van der Waals surface area (Å²) in [5.74, 6) is -0.102. The van der Waals surface area contributed by atoms with Crippen LogP contribution in [0, 0.1) is 6.92 Å². The second kappa shape index (κ2) is 5.08. The molecule has 2 amide bonds. The first-order valence-corrected chi connectivity index (χ1v) is 6.00. The summed E-state index contributed by atoms with van der Waals surface area (Å²) in [7, 11) is 0. The molecule has 4 N–H and O–H groups in total. The normalized spacial score (nSPS) is 18.5. The third-order valence-electron chi connectivity index (χ3n) is 3.10. The van der Waals surface area contributed by atoms with Crippen LogP contribution in [-0.4, -0.2) is 24.4 Å². The van der Waals surface area contributed by atoms with Crippen LogP contribution < -0.4 is 16.4 Å². The second-order valence-corrected chi connectivity index (χ2v) is 4.59. The third kappa shape index (κ3) is 2.80. The molecule has 1 heterocycles. The molecular weight excluding hydrogens is 230 g/mol. The van der Waals surface area contributed by atoms with Gasteiger partial charge in [0.2, 0.25) is 5.91 Å². The van der Waals surface area contributed by atoms with Crippen LogP contribution in [0.15, 0.2) is 18.2 Å². The summed E-state index contributed by atoms with van der Waals surface area (Å²) in [4.78, 5) is 23.0. The molecular formula is C13H17N3O2. The number of nitrogen functional groups attached to an aromatic ring is 1. The number of nitrogens with two attached hydrogens (primary N) is 1. The van der Waals surface area contributed by atoms with E-state index in [0.29, 0.717) is 24.2 Å². The van der Waals surface area contributed by atoms with Crippen LogP contribution in [-0.2, 0) is 4.79 Å². The fourth-order valence-corrected chi connectivity index (χ4v) is 2.03. The minimum absolute atomic E-state index is 0.0443. The van der Waals surface area contributed by atoms with Gasteiger partial charge in [-0.05, 0) is 31.0 Å². The Morgan fingerprint density at radius 2 is 2.33 bits per heavy atom. The van der Waals surface area contributed by atoms with E-state index in [9.17, 15) is 9.59 Å². The smallest absolute Gasteiger partial charge is 0.251 e. The molecule has 1 unspecified atom stereocenters. The van der Waals surface area contributed by atoms with E-state index in [0.717, 1.165) is 12.0 Å². The lowest BCUT2D eigenvalue weighted by atomic mass is 10.1. The fourth-order valence-electron chi connectivity index (χ4n) is 2.03. The summed E-state index contributed by atoms with van der Waals surface area (Å²) in [5, 5.41) is 5.63. The van der Waals surface area contributed by atoms with E-state index in [1.165, 1.54) is 0 Å². The molecule has 0 aliphatic carbocycles. The number of rotatable bonds is 3. The van der Waals surface area contributed by atoms with Crippen molar-refractivity contribution in [2.75, 3.05) is 12.3 Å². The van der Waals surface area contributed by atoms with Gasteiger partial charge in [0, 0.05) is 30.3 Å². The molecule has 2 rings (SSSR count). The molecule has 0 aromatic heterocycles. The van der Waals surface area contributed by atoms with Crippen molar-refractivity contribution < 1.29 is 9.59 Å². The second-order valence-electron chi connectivity index (χ2n) is 4.59. The Labute approximate surface area is 106 Å². The van der Waals surface area contributed by atoms with E-state index in [4.69, 9.17) is 5.73 Å². The number of amides is 2. The Morgan fingerprint density at radius 3 is 3.00 bits per heavy atom. The van der Waals surface area contributed by atoms with Gasteiger partial charge in [-0.1, -0.05) is 6.07 Å². The Bertz CT molecular complexity index is 485. The molecule has 0 radical (unpaired) electrons. The minimum atomic E-state index is -0.152. The molecule has 1 aliphatic heterocycles. The lowest BCUT2D eigenvalue weighted by molar-refractivity contribution is -0.119. The van der Waals surface area contributed by atoms with Crippen molar-refractivity contribution in [3.8, 4) is 0 Å². The van der Waals surface area contributed by atoms with Gasteiger partial charge in [-0.25, -0.2) is 0 Å². The zero-order valence-corrected chi connectivity index (χ0v) is 10.3. The highest BCUT2D eigenvalue weighted by Gasteiger charge is 2.21. The number of benzene rings is 1. The molecule has 1 atom stereocenters. The SMILES string of the molecule is Cc1ccc(N)cc1C(=O)NCC1CCC(=O)N1. The molecule has 0 spiro atoms. The molecule has 5 nitrogen and oxygen atoms in total. The van der Waals surface area contributed by atoms with Crippen LogP contribution in [0.3, 0.4) is 0 Å². The summed E-state index contributed by atoms with van der Waals surface area (Å²) in [5.41, 5.74) is 7.70. The van der Waals surface area contributed by atoms with Gasteiger partial charge in [0.1, 0.15) is 0 Å². The molecule has 5 heteroatoms. The molecule has 1 aromatic rings. The third-order valence-corrected chi connectivity index (χ3v) is 3.10. The van der Waals surface area contributed by atoms with Gasteiger partial charge in [0.15, 0.2) is 0 Å². The van der Waals surface area contributed by atoms with Gasteiger partial charge in [-0.15, -0.1) is 0 Å². The van der Waals surface area contributed by atoms with Gasteiger partial charge in [0.25, 0.3) is 5.91 Å². The number of carbonyl (C=O) groups is 2. The van der Waals surface area contributed by atoms with E-state index in [2.05, 4.69) is 10.6 Å². The Kier molecular flexibility index (Phi) is 3.50. The lowest BCUT2D eigenvalue weighted by Crippen LogP contribution is -2.38. The highest BCUT2D eigenvalue weighted by Crippen LogP contribution is 2.12. The van der Waals surface area contributed by atoms with Crippen LogP contribution in [0.25, 0.3) is 0 Å². The van der Waals surface area contributed by atoms with E-state index < -0.39 is 0 Å². The molecule has 18 heavy (non-hydrogen) atoms. The van der Waals surface area contributed by atoms with Crippen LogP contribution in [0.5, 0.6) is 0 Å². The number of hydrogen-bond acceptors (Lipinski definition) is 3. The van der Waals surface area contributed by atoms with Gasteiger partial charge < -0.3 is 16.4 Å². The summed E-state index contributed by atoms with van der Waals surface area (Å²) in [6.07, 6.45) is 1.31. The average Bonchev–Trinajstić information content (AvgIpc) is 2.75. The standard InChI is InChI=1S/C13H17N3O2/c1-8-2-3-9(14)6-11(8)13(18)15-7-10-4-5-12(17)16-10/h2-3,6,10H,4-5,7,14H2,1H3,(H,15,18)(H,16,17). The predicted octanol–water partition coefficient (Wildman–Crippen LogP) is 0.586. The maximum Gasteiger partial charge on any atom is 0.251 e. The topological polar surface area (TPSA) is 84.2 Å². The maximum atomic E-state index is 12.0. The zero-order valence-electron chi connectivity index (χ0n) is 10.3. The van der Waals surface area contributed by atoms with Crippen molar-refractivity contribution in [1.29, 1.82) is 0 Å². The van der Waals surface area contributed by atoms with Crippen molar-refractivity contribution in [1.82, 2.24) is 10.6 Å². The number of carbonyl (C=O) groups excluding carboxylic acids is 2. The van der Waals surface area contributed by atoms with Crippen LogP contribution in [0.2, 0.25) is 0 Å². The van der Waals surface area contributed by atoms with Gasteiger partial charge in [0.05, 0.1) is 0 Å². The number of nitrogens with one attached hydrogen (secondary N) is 2. The summed E-state index contributed by atoms with van der Waals surface area (Å²) >= 11 is 0. The van der Waals surface area contributed by atoms with Crippen LogP contribution >= 0.6 is 0 Å². The monoisotopic (exact) mass is 247 g/mol. The lowest BCUT2D eigenvalue weighted by Gasteiger charge is -2.12. The molecule has 1 aliphatic rings. The predicted molar refractivity (Wildman–Crippen MR) is 69.1 cm³/mol. The minimum Gasteiger partial charge on any atom is -0.399 e. The molecule has 1 fully saturated rings. The first kappa shape index (κ1) is 12.4. The van der Waals surface area contributed by atoms with Crippen molar-refractivity contribution in [2.45, 2.75) is 25.8 Å². The Morgan fingerprint density at radius 1 is 1.56 bits per heavy atom. The Balaban J connectivity index is 1.95. The van der Waals surface area contributed by atoms with E-state index in [1.54, 1.807) is 12.1 Å². The molecule has 96 valence electrons. The first-order valence-electron chi connectivity index (χ1n) is 6.00. The Hall–Kier alpha value is -2.04. The van der Waals surface area contributed by atoms with Gasteiger partial charge in [-0.2, -0.15) is 0 Å². The zero-order chi connectivity index (χ0) is 13.1. The van der Waals surface area contributed by atoms with Crippen molar-refractivity contribution in [2.24, 2.45) is 0 Å². The van der Waals surface area contributed by atoms with Gasteiger partial charge in [-0.3, -0.25) is 9.59 Å². The highest BCUT2D eigenvalue weighted by molar-refractivity contribution is 5.96. The summed E-state index contributed by atoms with van der Waals surface area (Å²) < 4.78 is 0. The highest BCUT2D eigenvalue weighted by atomic mass is 16.2. The number of anilines is 1. The molecule has 0 saturated carbocycles. The maximum absolute atomic E-state index is 12.0. The largest absolute Gasteiger partial charge is 0.399 e. The van der Waals surface area contributed by atoms with Crippen LogP contribution in [0.1, 0.15) is 28.8 Å². The number of aryl methyl sites for hydroxylation is 1. The van der Waals surface area contributed by atoms with E-state index in [-0.39, 0.29) is 17.9 Å². The summed E-state index contributed by atoms with van der Waals surface area (Å²) in [6, 6.07) is 5.30.